The Morgan fingerprint density at radius 3 is 2.43 bits per heavy atom. The molecule has 0 radical (unpaired) electrons. The molecule has 3 rings (SSSR count). The van der Waals surface area contributed by atoms with E-state index in [1.807, 2.05) is 6.07 Å². The molecule has 0 bridgehead atoms. The van der Waals surface area contributed by atoms with Crippen LogP contribution in [-0.2, 0) is 6.18 Å². The van der Waals surface area contributed by atoms with E-state index < -0.39 is 12.0 Å². The summed E-state index contributed by atoms with van der Waals surface area (Å²) in [4.78, 5) is 4.06. The number of hydrogen-bond donors (Lipinski definition) is 2. The fourth-order valence-corrected chi connectivity index (χ4v) is 3.05. The van der Waals surface area contributed by atoms with Crippen molar-refractivity contribution >= 4 is 18.6 Å². The fourth-order valence-electron chi connectivity index (χ4n) is 2.60. The number of thiol groups is 1. The smallest absolute Gasteiger partial charge is 0.368 e. The fraction of sp³-hybridized carbons (Fsp3) is 0.467. The molecule has 0 atom stereocenters. The summed E-state index contributed by atoms with van der Waals surface area (Å²) in [5.41, 5.74) is 8.22. The van der Waals surface area contributed by atoms with E-state index in [0.717, 1.165) is 28.7 Å². The maximum Gasteiger partial charge on any atom is 0.453 e. The van der Waals surface area contributed by atoms with Gasteiger partial charge in [0, 0.05) is 4.90 Å². The molecule has 0 saturated heterocycles. The number of hydrogen-bond acceptors (Lipinski definition) is 4. The highest BCUT2D eigenvalue weighted by atomic mass is 32.1. The Labute approximate surface area is 137 Å². The highest BCUT2D eigenvalue weighted by molar-refractivity contribution is 7.80. The summed E-state index contributed by atoms with van der Waals surface area (Å²) in [5, 5.41) is 3.56. The number of nitrogen functional groups attached to an aromatic ring is 1. The van der Waals surface area contributed by atoms with Crippen LogP contribution in [0.1, 0.15) is 55.5 Å². The lowest BCUT2D eigenvalue weighted by Gasteiger charge is -2.16. The molecule has 124 valence electrons. The van der Waals surface area contributed by atoms with Gasteiger partial charge in [-0.3, -0.25) is 0 Å². The van der Waals surface area contributed by atoms with Crippen molar-refractivity contribution in [1.82, 2.24) is 14.8 Å². The lowest BCUT2D eigenvalue weighted by atomic mass is 9.97. The second-order valence-corrected chi connectivity index (χ2v) is 6.58. The third-order valence-corrected chi connectivity index (χ3v) is 4.32. The summed E-state index contributed by atoms with van der Waals surface area (Å²) in [5.74, 6) is -0.906. The van der Waals surface area contributed by atoms with Gasteiger partial charge in [-0.15, -0.1) is 17.7 Å². The average molecular weight is 342 g/mol. The minimum Gasteiger partial charge on any atom is -0.368 e. The van der Waals surface area contributed by atoms with Crippen LogP contribution in [0.25, 0.3) is 5.69 Å². The van der Waals surface area contributed by atoms with Gasteiger partial charge < -0.3 is 5.73 Å². The molecule has 1 aromatic heterocycles. The third kappa shape index (κ3) is 3.04. The first-order valence-corrected chi connectivity index (χ1v) is 7.80. The Bertz CT molecular complexity index is 748. The summed E-state index contributed by atoms with van der Waals surface area (Å²) in [6.45, 7) is 4.11. The van der Waals surface area contributed by atoms with Crippen molar-refractivity contribution < 1.29 is 13.2 Å². The summed E-state index contributed by atoms with van der Waals surface area (Å²) < 4.78 is 39.5. The van der Waals surface area contributed by atoms with Gasteiger partial charge in [-0.25, -0.2) is 0 Å². The van der Waals surface area contributed by atoms with E-state index in [9.17, 15) is 13.2 Å². The van der Waals surface area contributed by atoms with E-state index in [1.165, 1.54) is 0 Å². The molecule has 1 heterocycles. The van der Waals surface area contributed by atoms with Crippen LogP contribution in [0.2, 0.25) is 0 Å². The first-order chi connectivity index (χ1) is 10.7. The number of aromatic nitrogens is 3. The predicted octanol–water partition coefficient (Wildman–Crippen LogP) is 4.16. The first-order valence-electron chi connectivity index (χ1n) is 7.35. The van der Waals surface area contributed by atoms with Gasteiger partial charge in [0.25, 0.3) is 5.82 Å². The Balaban J connectivity index is 2.16. The zero-order valence-corrected chi connectivity index (χ0v) is 13.6. The van der Waals surface area contributed by atoms with E-state index >= 15 is 0 Å². The minimum atomic E-state index is -4.62. The maximum atomic E-state index is 12.8. The number of rotatable bonds is 3. The van der Waals surface area contributed by atoms with Gasteiger partial charge >= 0.3 is 6.18 Å². The van der Waals surface area contributed by atoms with E-state index in [1.54, 1.807) is 6.07 Å². The quantitative estimate of drug-likeness (QED) is 0.824. The summed E-state index contributed by atoms with van der Waals surface area (Å²) >= 11 is 4.47. The number of anilines is 1. The van der Waals surface area contributed by atoms with Crippen molar-refractivity contribution in [2.24, 2.45) is 0 Å². The third-order valence-electron chi connectivity index (χ3n) is 3.93. The second kappa shape index (κ2) is 5.43. The van der Waals surface area contributed by atoms with Crippen molar-refractivity contribution in [2.75, 3.05) is 5.73 Å². The molecular formula is C15H17F3N4S. The van der Waals surface area contributed by atoms with E-state index in [2.05, 4.69) is 36.6 Å². The van der Waals surface area contributed by atoms with Gasteiger partial charge in [-0.2, -0.15) is 22.8 Å². The normalized spacial score (nSPS) is 15.4. The van der Waals surface area contributed by atoms with Crippen LogP contribution in [0.5, 0.6) is 0 Å². The van der Waals surface area contributed by atoms with Crippen LogP contribution in [0.15, 0.2) is 17.0 Å². The molecule has 1 aliphatic rings. The lowest BCUT2D eigenvalue weighted by Crippen LogP contribution is -2.10. The predicted molar refractivity (Wildman–Crippen MR) is 84.1 cm³/mol. The second-order valence-electron chi connectivity index (χ2n) is 6.10. The SMILES string of the molecule is CC(C)c1cc(C2CC2)c(-n2nc(C(F)(F)F)nc2N)cc1S. The van der Waals surface area contributed by atoms with Crippen LogP contribution >= 0.6 is 12.6 Å². The molecule has 2 N–H and O–H groups in total. The van der Waals surface area contributed by atoms with Gasteiger partial charge in [0.15, 0.2) is 0 Å². The van der Waals surface area contributed by atoms with E-state index in [-0.39, 0.29) is 11.9 Å². The zero-order chi connectivity index (χ0) is 16.9. The van der Waals surface area contributed by atoms with Crippen LogP contribution < -0.4 is 5.73 Å². The number of alkyl halides is 3. The van der Waals surface area contributed by atoms with Crippen molar-refractivity contribution in [2.45, 2.75) is 49.6 Å². The Kier molecular flexibility index (Phi) is 3.82. The molecule has 8 heteroatoms. The molecule has 1 saturated carbocycles. The minimum absolute atomic E-state index is 0.271. The van der Waals surface area contributed by atoms with Crippen molar-refractivity contribution in [3.05, 3.63) is 29.1 Å². The van der Waals surface area contributed by atoms with Crippen LogP contribution in [0, 0.1) is 0 Å². The number of halogens is 3. The molecule has 0 unspecified atom stereocenters. The number of benzene rings is 1. The Morgan fingerprint density at radius 2 is 1.96 bits per heavy atom. The van der Waals surface area contributed by atoms with Crippen molar-refractivity contribution in [1.29, 1.82) is 0 Å². The highest BCUT2D eigenvalue weighted by Crippen LogP contribution is 2.45. The first kappa shape index (κ1) is 16.2. The Hall–Kier alpha value is -1.70. The topological polar surface area (TPSA) is 56.7 Å². The monoisotopic (exact) mass is 342 g/mol. The molecule has 1 aromatic carbocycles. The molecule has 2 aromatic rings. The number of nitrogens with zero attached hydrogens (tertiary/aromatic N) is 3. The van der Waals surface area contributed by atoms with Crippen molar-refractivity contribution in [3.8, 4) is 5.69 Å². The van der Waals surface area contributed by atoms with E-state index in [0.29, 0.717) is 16.5 Å². The Morgan fingerprint density at radius 1 is 1.30 bits per heavy atom. The van der Waals surface area contributed by atoms with Crippen LogP contribution in [-0.4, -0.2) is 14.8 Å². The molecule has 0 spiro atoms. The standard InChI is InChI=1S/C15H17F3N4S/c1-7(2)9-5-10(8-3-4-8)11(6-12(9)23)22-14(19)20-13(21-22)15(16,17)18/h5-8,23H,3-4H2,1-2H3,(H2,19,20,21). The average Bonchev–Trinajstić information content (AvgIpc) is 3.19. The molecular weight excluding hydrogens is 325 g/mol. The van der Waals surface area contributed by atoms with E-state index in [4.69, 9.17) is 5.73 Å². The summed E-state index contributed by atoms with van der Waals surface area (Å²) in [7, 11) is 0. The summed E-state index contributed by atoms with van der Waals surface area (Å²) in [6, 6.07) is 3.74. The molecule has 1 fully saturated rings. The van der Waals surface area contributed by atoms with Gasteiger partial charge in [0.05, 0.1) is 5.69 Å². The van der Waals surface area contributed by atoms with Crippen LogP contribution in [0.3, 0.4) is 0 Å². The molecule has 23 heavy (non-hydrogen) atoms. The largest absolute Gasteiger partial charge is 0.453 e. The van der Waals surface area contributed by atoms with Crippen LogP contribution in [0.4, 0.5) is 19.1 Å². The number of nitrogens with two attached hydrogens (primary N) is 1. The van der Waals surface area contributed by atoms with Gasteiger partial charge in [-0.05, 0) is 41.9 Å². The van der Waals surface area contributed by atoms with Gasteiger partial charge in [0.2, 0.25) is 5.95 Å². The zero-order valence-electron chi connectivity index (χ0n) is 12.7. The highest BCUT2D eigenvalue weighted by Gasteiger charge is 2.38. The maximum absolute atomic E-state index is 12.8. The van der Waals surface area contributed by atoms with Gasteiger partial charge in [-0.1, -0.05) is 19.9 Å². The molecule has 0 amide bonds. The van der Waals surface area contributed by atoms with Crippen molar-refractivity contribution in [3.63, 3.8) is 0 Å². The molecule has 0 aliphatic heterocycles. The molecule has 4 nitrogen and oxygen atoms in total. The molecule has 1 aliphatic carbocycles. The van der Waals surface area contributed by atoms with Gasteiger partial charge in [0.1, 0.15) is 0 Å². The summed E-state index contributed by atoms with van der Waals surface area (Å²) in [6.07, 6.45) is -2.60. The lowest BCUT2D eigenvalue weighted by molar-refractivity contribution is -0.144.